The number of allylic oxidation sites excluding steroid dienone is 2. The van der Waals surface area contributed by atoms with Gasteiger partial charge in [-0.1, -0.05) is 30.3 Å². The zero-order valence-corrected chi connectivity index (χ0v) is 16.6. The Balaban J connectivity index is 2.09. The van der Waals surface area contributed by atoms with E-state index < -0.39 is 28.8 Å². The number of nitriles is 3. The van der Waals surface area contributed by atoms with E-state index in [1.54, 1.807) is 36.4 Å². The van der Waals surface area contributed by atoms with Crippen molar-refractivity contribution in [1.82, 2.24) is 0 Å². The monoisotopic (exact) mass is 424 g/mol. The van der Waals surface area contributed by atoms with Gasteiger partial charge in [0.25, 0.3) is 0 Å². The molecular formula is C24H16N4O4. The Bertz CT molecular complexity index is 1380. The highest BCUT2D eigenvalue weighted by molar-refractivity contribution is 5.98. The van der Waals surface area contributed by atoms with E-state index in [9.17, 15) is 20.0 Å². The highest BCUT2D eigenvalue weighted by Gasteiger charge is 2.31. The molecule has 8 heteroatoms. The Hall–Kier alpha value is -4.87. The van der Waals surface area contributed by atoms with Gasteiger partial charge in [-0.25, -0.2) is 4.79 Å². The van der Waals surface area contributed by atoms with Crippen molar-refractivity contribution in [3.05, 3.63) is 87.4 Å². The summed E-state index contributed by atoms with van der Waals surface area (Å²) >= 11 is 0. The van der Waals surface area contributed by atoms with Crippen LogP contribution in [-0.2, 0) is 0 Å². The molecule has 3 aromatic rings. The Labute approximate surface area is 182 Å². The number of ketones is 1. The number of aromatic hydroxyl groups is 1. The van der Waals surface area contributed by atoms with Crippen LogP contribution in [-0.4, -0.2) is 10.9 Å². The van der Waals surface area contributed by atoms with E-state index in [0.29, 0.717) is 16.5 Å². The molecule has 0 spiro atoms. The highest BCUT2D eigenvalue weighted by atomic mass is 16.4. The van der Waals surface area contributed by atoms with Gasteiger partial charge in [0.05, 0.1) is 17.7 Å². The molecule has 2 aromatic carbocycles. The Morgan fingerprint density at radius 1 is 1.06 bits per heavy atom. The Morgan fingerprint density at radius 3 is 2.34 bits per heavy atom. The van der Waals surface area contributed by atoms with Crippen LogP contribution in [0.25, 0.3) is 11.0 Å². The van der Waals surface area contributed by atoms with E-state index in [1.807, 2.05) is 6.07 Å². The Morgan fingerprint density at radius 2 is 1.72 bits per heavy atom. The lowest BCUT2D eigenvalue weighted by atomic mass is 9.79. The maximum Gasteiger partial charge on any atom is 0.347 e. The molecule has 2 unspecified atom stereocenters. The number of carbonyl (C=O) groups excluding carboxylic acids is 1. The minimum atomic E-state index is -1.20. The fourth-order valence-electron chi connectivity index (χ4n) is 3.40. The van der Waals surface area contributed by atoms with E-state index in [-0.39, 0.29) is 23.4 Å². The van der Waals surface area contributed by atoms with Gasteiger partial charge in [-0.05, 0) is 29.8 Å². The lowest BCUT2D eigenvalue weighted by molar-refractivity contribution is 0.0966. The molecule has 0 saturated heterocycles. The summed E-state index contributed by atoms with van der Waals surface area (Å²) in [6.07, 6.45) is -0.322. The van der Waals surface area contributed by atoms with Crippen molar-refractivity contribution in [3.8, 4) is 24.0 Å². The van der Waals surface area contributed by atoms with Gasteiger partial charge in [-0.3, -0.25) is 4.79 Å². The number of fused-ring (bicyclic) bond motifs is 1. The van der Waals surface area contributed by atoms with Crippen molar-refractivity contribution in [1.29, 1.82) is 15.8 Å². The Kier molecular flexibility index (Phi) is 6.34. The van der Waals surface area contributed by atoms with E-state index >= 15 is 0 Å². The predicted molar refractivity (Wildman–Crippen MR) is 114 cm³/mol. The lowest BCUT2D eigenvalue weighted by Gasteiger charge is -2.22. The molecule has 2 atom stereocenters. The van der Waals surface area contributed by atoms with Gasteiger partial charge in [0.15, 0.2) is 5.78 Å². The lowest BCUT2D eigenvalue weighted by Crippen LogP contribution is -2.24. The van der Waals surface area contributed by atoms with Crippen molar-refractivity contribution >= 4 is 16.8 Å². The van der Waals surface area contributed by atoms with Crippen LogP contribution in [0.1, 0.15) is 28.3 Å². The third kappa shape index (κ3) is 4.33. The number of phenolic OH excluding ortho intramolecular Hbond substituents is 1. The second kappa shape index (κ2) is 9.30. The number of nitrogens with zero attached hydrogens (tertiary/aromatic N) is 3. The number of hydrogen-bond acceptors (Lipinski definition) is 8. The molecule has 3 N–H and O–H groups in total. The minimum Gasteiger partial charge on any atom is -0.508 e. The van der Waals surface area contributed by atoms with E-state index in [0.717, 1.165) is 0 Å². The molecule has 0 fully saturated rings. The van der Waals surface area contributed by atoms with Crippen LogP contribution in [0.15, 0.2) is 75.1 Å². The van der Waals surface area contributed by atoms with Crippen LogP contribution < -0.4 is 11.4 Å². The van der Waals surface area contributed by atoms with Gasteiger partial charge >= 0.3 is 5.63 Å². The zero-order chi connectivity index (χ0) is 23.3. The number of hydrogen-bond donors (Lipinski definition) is 2. The molecule has 8 nitrogen and oxygen atoms in total. The second-order valence-corrected chi connectivity index (χ2v) is 6.97. The SMILES string of the molecule is N#CC(C#N)=C(N)C(C#N)C(CC(=O)c1cc2ccccc2oc1=O)c1ccc(O)cc1. The molecule has 0 radical (unpaired) electrons. The summed E-state index contributed by atoms with van der Waals surface area (Å²) in [5.74, 6) is -2.71. The molecule has 0 bridgehead atoms. The summed E-state index contributed by atoms with van der Waals surface area (Å²) in [7, 11) is 0. The van der Waals surface area contributed by atoms with E-state index in [4.69, 9.17) is 20.7 Å². The van der Waals surface area contributed by atoms with E-state index in [2.05, 4.69) is 0 Å². The van der Waals surface area contributed by atoms with Crippen molar-refractivity contribution in [2.75, 3.05) is 0 Å². The molecule has 0 saturated carbocycles. The van der Waals surface area contributed by atoms with Gasteiger partial charge in [0, 0.05) is 17.7 Å². The van der Waals surface area contributed by atoms with Crippen molar-refractivity contribution in [2.24, 2.45) is 11.7 Å². The van der Waals surface area contributed by atoms with Gasteiger partial charge in [-0.15, -0.1) is 0 Å². The number of benzene rings is 2. The number of phenols is 1. The fraction of sp³-hybridized carbons (Fsp3) is 0.125. The number of carbonyl (C=O) groups is 1. The molecular weight excluding hydrogens is 408 g/mol. The smallest absolute Gasteiger partial charge is 0.347 e. The second-order valence-electron chi connectivity index (χ2n) is 6.97. The van der Waals surface area contributed by atoms with Crippen molar-refractivity contribution in [2.45, 2.75) is 12.3 Å². The first-order chi connectivity index (χ1) is 15.4. The summed E-state index contributed by atoms with van der Waals surface area (Å²) in [4.78, 5) is 25.5. The van der Waals surface area contributed by atoms with Crippen LogP contribution >= 0.6 is 0 Å². The normalized spacial score (nSPS) is 12.0. The van der Waals surface area contributed by atoms with Gasteiger partial charge in [-0.2, -0.15) is 15.8 Å². The largest absolute Gasteiger partial charge is 0.508 e. The van der Waals surface area contributed by atoms with Gasteiger partial charge < -0.3 is 15.3 Å². The number of rotatable bonds is 6. The first kappa shape index (κ1) is 21.8. The number of nitrogens with two attached hydrogens (primary N) is 1. The summed E-state index contributed by atoms with van der Waals surface area (Å²) in [6.45, 7) is 0. The highest BCUT2D eigenvalue weighted by Crippen LogP contribution is 2.34. The van der Waals surface area contributed by atoms with E-state index in [1.165, 1.54) is 30.3 Å². The fourth-order valence-corrected chi connectivity index (χ4v) is 3.40. The van der Waals surface area contributed by atoms with Gasteiger partial charge in [0.2, 0.25) is 0 Å². The summed E-state index contributed by atoms with van der Waals surface area (Å²) in [6, 6.07) is 19.2. The molecule has 0 aliphatic rings. The first-order valence-electron chi connectivity index (χ1n) is 9.44. The molecule has 32 heavy (non-hydrogen) atoms. The molecule has 1 heterocycles. The quantitative estimate of drug-likeness (QED) is 0.346. The maximum atomic E-state index is 13.1. The van der Waals surface area contributed by atoms with Crippen LogP contribution in [0, 0.1) is 39.9 Å². The molecule has 1 aromatic heterocycles. The van der Waals surface area contributed by atoms with Crippen LogP contribution in [0.4, 0.5) is 0 Å². The summed E-state index contributed by atoms with van der Waals surface area (Å²) < 4.78 is 5.23. The minimum absolute atomic E-state index is 0.0271. The standard InChI is InChI=1S/C24H16N4O4/c25-11-16(12-26)23(28)20(13-27)18(14-5-7-17(29)8-6-14)10-21(30)19-9-15-3-1-2-4-22(15)32-24(19)31/h1-9,18,20,29H,10,28H2. The molecule has 156 valence electrons. The van der Waals surface area contributed by atoms with Gasteiger partial charge in [0.1, 0.15) is 34.6 Å². The summed E-state index contributed by atoms with van der Waals surface area (Å²) in [5, 5.41) is 38.2. The molecule has 0 amide bonds. The maximum absolute atomic E-state index is 13.1. The van der Waals surface area contributed by atoms with Crippen LogP contribution in [0.5, 0.6) is 5.75 Å². The predicted octanol–water partition coefficient (Wildman–Crippen LogP) is 3.25. The number of para-hydroxylation sites is 1. The topological polar surface area (TPSA) is 165 Å². The molecule has 3 rings (SSSR count). The third-order valence-electron chi connectivity index (χ3n) is 5.06. The zero-order valence-electron chi connectivity index (χ0n) is 16.6. The number of Topliss-reactive ketones (excluding diaryl/α,β-unsaturated/α-hetero) is 1. The van der Waals surface area contributed by atoms with Crippen LogP contribution in [0.2, 0.25) is 0 Å². The first-order valence-corrected chi connectivity index (χ1v) is 9.44. The third-order valence-corrected chi connectivity index (χ3v) is 5.06. The average Bonchev–Trinajstić information content (AvgIpc) is 2.79. The van der Waals surface area contributed by atoms with Crippen molar-refractivity contribution in [3.63, 3.8) is 0 Å². The van der Waals surface area contributed by atoms with Crippen LogP contribution in [0.3, 0.4) is 0 Å². The summed E-state index contributed by atoms with van der Waals surface area (Å²) in [5.41, 5.74) is 5.04. The average molecular weight is 424 g/mol. The molecule has 0 aliphatic carbocycles. The molecule has 0 aliphatic heterocycles. The van der Waals surface area contributed by atoms with Crippen molar-refractivity contribution < 1.29 is 14.3 Å².